The summed E-state index contributed by atoms with van der Waals surface area (Å²) in [5, 5.41) is 8.74. The van der Waals surface area contributed by atoms with Gasteiger partial charge in [-0.3, -0.25) is 4.90 Å². The molecule has 5 heteroatoms. The van der Waals surface area contributed by atoms with Gasteiger partial charge in [0.05, 0.1) is 5.69 Å². The lowest BCUT2D eigenvalue weighted by Gasteiger charge is -2.26. The number of pyridine rings is 2. The molecule has 0 bridgehead atoms. The van der Waals surface area contributed by atoms with Crippen molar-refractivity contribution in [3.05, 3.63) is 128 Å². The molecule has 41 heavy (non-hydrogen) atoms. The zero-order valence-corrected chi connectivity index (χ0v) is 21.8. The van der Waals surface area contributed by atoms with Crippen molar-refractivity contribution >= 4 is 82.7 Å². The Morgan fingerprint density at radius 3 is 2.17 bits per heavy atom. The maximum Gasteiger partial charge on any atom is 0.227 e. The van der Waals surface area contributed by atoms with Gasteiger partial charge < -0.3 is 8.83 Å². The predicted molar refractivity (Wildman–Crippen MR) is 166 cm³/mol. The van der Waals surface area contributed by atoms with Crippen LogP contribution in [0.1, 0.15) is 0 Å². The Balaban J connectivity index is 1.37. The first-order valence-corrected chi connectivity index (χ1v) is 13.6. The topological polar surface area (TPSA) is 55.3 Å². The zero-order chi connectivity index (χ0) is 26.9. The van der Waals surface area contributed by atoms with Crippen molar-refractivity contribution in [3.63, 3.8) is 0 Å². The van der Waals surface area contributed by atoms with E-state index in [-0.39, 0.29) is 0 Å². The van der Waals surface area contributed by atoms with Gasteiger partial charge in [0.25, 0.3) is 0 Å². The predicted octanol–water partition coefficient (Wildman–Crippen LogP) is 10.1. The average molecular weight is 528 g/mol. The second-order valence-electron chi connectivity index (χ2n) is 10.3. The van der Waals surface area contributed by atoms with Crippen LogP contribution in [-0.2, 0) is 0 Å². The molecule has 0 spiro atoms. The number of fused-ring (bicyclic) bond motifs is 9. The first-order valence-electron chi connectivity index (χ1n) is 13.6. The fourth-order valence-corrected chi connectivity index (χ4v) is 6.08. The highest BCUT2D eigenvalue weighted by molar-refractivity contribution is 6.15. The molecule has 0 atom stereocenters. The van der Waals surface area contributed by atoms with Gasteiger partial charge in [-0.25, -0.2) is 9.97 Å². The van der Waals surface area contributed by atoms with Gasteiger partial charge in [0, 0.05) is 51.1 Å². The van der Waals surface area contributed by atoms with Crippen molar-refractivity contribution in [2.45, 2.75) is 0 Å². The Morgan fingerprint density at radius 1 is 0.488 bits per heavy atom. The van der Waals surface area contributed by atoms with Crippen LogP contribution in [0.25, 0.3) is 65.6 Å². The molecule has 4 aromatic heterocycles. The van der Waals surface area contributed by atoms with E-state index in [2.05, 4.69) is 82.7 Å². The first-order chi connectivity index (χ1) is 20.3. The Morgan fingerprint density at radius 2 is 1.24 bits per heavy atom. The number of furan rings is 2. The van der Waals surface area contributed by atoms with Crippen LogP contribution in [0.3, 0.4) is 0 Å². The third kappa shape index (κ3) is 3.29. The summed E-state index contributed by atoms with van der Waals surface area (Å²) >= 11 is 0. The molecule has 9 rings (SSSR count). The highest BCUT2D eigenvalue weighted by Crippen LogP contribution is 2.43. The van der Waals surface area contributed by atoms with E-state index in [1.54, 1.807) is 6.20 Å². The second kappa shape index (κ2) is 8.41. The van der Waals surface area contributed by atoms with Gasteiger partial charge in [-0.15, -0.1) is 0 Å². The number of para-hydroxylation sites is 1. The van der Waals surface area contributed by atoms with Crippen LogP contribution in [0, 0.1) is 0 Å². The van der Waals surface area contributed by atoms with Crippen molar-refractivity contribution in [2.24, 2.45) is 0 Å². The molecule has 0 aliphatic carbocycles. The number of hydrogen-bond donors (Lipinski definition) is 0. The molecule has 0 unspecified atom stereocenters. The van der Waals surface area contributed by atoms with Crippen molar-refractivity contribution in [1.82, 2.24) is 9.97 Å². The standard InChI is InChI=1S/C36H21N3O2/c1-2-9-24-22(8-1)18-31(26-11-4-3-10-25(24)26)39(23-15-16-33-29(19-23)28-13-7-17-37-36(28)41-33)35-20-34-30(21-38-35)27-12-5-6-14-32(27)40-34/h1-21H. The van der Waals surface area contributed by atoms with Gasteiger partial charge in [0.15, 0.2) is 0 Å². The van der Waals surface area contributed by atoms with Crippen molar-refractivity contribution in [2.75, 3.05) is 4.90 Å². The minimum atomic E-state index is 0.629. The fraction of sp³-hybridized carbons (Fsp3) is 0. The third-order valence-electron chi connectivity index (χ3n) is 7.95. The molecule has 0 aliphatic rings. The minimum absolute atomic E-state index is 0.629. The number of anilines is 3. The number of aromatic nitrogens is 2. The Kier molecular flexibility index (Phi) is 4.55. The summed E-state index contributed by atoms with van der Waals surface area (Å²) in [4.78, 5) is 11.7. The highest BCUT2D eigenvalue weighted by atomic mass is 16.3. The minimum Gasteiger partial charge on any atom is -0.456 e. The lowest BCUT2D eigenvalue weighted by Crippen LogP contribution is -2.12. The normalized spacial score (nSPS) is 11.9. The fourth-order valence-electron chi connectivity index (χ4n) is 6.08. The Labute approximate surface area is 233 Å². The summed E-state index contributed by atoms with van der Waals surface area (Å²) < 4.78 is 12.4. The van der Waals surface area contributed by atoms with E-state index in [4.69, 9.17) is 13.8 Å². The quantitative estimate of drug-likeness (QED) is 0.214. The molecule has 4 heterocycles. The summed E-state index contributed by atoms with van der Waals surface area (Å²) in [6.45, 7) is 0. The lowest BCUT2D eigenvalue weighted by atomic mass is 9.99. The Bertz CT molecular complexity index is 2450. The van der Waals surface area contributed by atoms with Gasteiger partial charge in [0.1, 0.15) is 22.6 Å². The SMILES string of the molecule is c1ccc2c(c1)cc(N(c1ccc3oc4ncccc4c3c1)c1cc3oc4ccccc4c3cn1)c1ccccc12. The van der Waals surface area contributed by atoms with Gasteiger partial charge in [-0.1, -0.05) is 66.7 Å². The van der Waals surface area contributed by atoms with Gasteiger partial charge in [-0.2, -0.15) is 0 Å². The van der Waals surface area contributed by atoms with E-state index in [9.17, 15) is 0 Å². The number of hydrogen-bond acceptors (Lipinski definition) is 5. The molecule has 0 saturated carbocycles. The molecule has 0 saturated heterocycles. The van der Waals surface area contributed by atoms with Crippen molar-refractivity contribution < 1.29 is 8.83 Å². The first kappa shape index (κ1) is 22.2. The number of benzene rings is 5. The number of nitrogens with zero attached hydrogens (tertiary/aromatic N) is 3. The molecule has 0 radical (unpaired) electrons. The smallest absolute Gasteiger partial charge is 0.227 e. The van der Waals surface area contributed by atoms with Crippen LogP contribution in [0.2, 0.25) is 0 Å². The van der Waals surface area contributed by atoms with Crippen LogP contribution in [-0.4, -0.2) is 9.97 Å². The largest absolute Gasteiger partial charge is 0.456 e. The molecule has 5 nitrogen and oxygen atoms in total. The van der Waals surface area contributed by atoms with Crippen molar-refractivity contribution in [1.29, 1.82) is 0 Å². The zero-order valence-electron chi connectivity index (χ0n) is 21.8. The molecule has 0 aliphatic heterocycles. The molecule has 0 fully saturated rings. The lowest BCUT2D eigenvalue weighted by molar-refractivity contribution is 0.654. The van der Waals surface area contributed by atoms with Gasteiger partial charge in [-0.05, 0) is 58.6 Å². The van der Waals surface area contributed by atoms with Crippen LogP contribution in [0.5, 0.6) is 0 Å². The summed E-state index contributed by atoms with van der Waals surface area (Å²) in [6.07, 6.45) is 3.67. The summed E-state index contributed by atoms with van der Waals surface area (Å²) in [5.74, 6) is 0.766. The van der Waals surface area contributed by atoms with Crippen LogP contribution >= 0.6 is 0 Å². The monoisotopic (exact) mass is 527 g/mol. The molecule has 0 amide bonds. The summed E-state index contributed by atoms with van der Waals surface area (Å²) in [6, 6.07) is 39.7. The molecule has 192 valence electrons. The maximum absolute atomic E-state index is 6.30. The van der Waals surface area contributed by atoms with Crippen molar-refractivity contribution in [3.8, 4) is 0 Å². The van der Waals surface area contributed by atoms with E-state index < -0.39 is 0 Å². The average Bonchev–Trinajstić information content (AvgIpc) is 3.59. The number of rotatable bonds is 3. The highest BCUT2D eigenvalue weighted by Gasteiger charge is 2.21. The molecule has 0 N–H and O–H groups in total. The Hall–Kier alpha value is -5.68. The van der Waals surface area contributed by atoms with Crippen LogP contribution in [0.15, 0.2) is 136 Å². The molecule has 9 aromatic rings. The second-order valence-corrected chi connectivity index (χ2v) is 10.3. The van der Waals surface area contributed by atoms with Crippen LogP contribution < -0.4 is 4.90 Å². The van der Waals surface area contributed by atoms with E-state index in [0.29, 0.717) is 5.71 Å². The van der Waals surface area contributed by atoms with Gasteiger partial charge >= 0.3 is 0 Å². The molecular weight excluding hydrogens is 506 g/mol. The van der Waals surface area contributed by atoms with Crippen LogP contribution in [0.4, 0.5) is 17.2 Å². The third-order valence-corrected chi connectivity index (χ3v) is 7.95. The maximum atomic E-state index is 6.30. The van der Waals surface area contributed by atoms with E-state index in [1.807, 2.05) is 48.7 Å². The summed E-state index contributed by atoms with van der Waals surface area (Å²) in [5.41, 5.74) is 5.07. The molecule has 5 aromatic carbocycles. The van der Waals surface area contributed by atoms with E-state index in [0.717, 1.165) is 66.3 Å². The molecular formula is C36H21N3O2. The van der Waals surface area contributed by atoms with Gasteiger partial charge in [0.2, 0.25) is 5.71 Å². The van der Waals surface area contributed by atoms with E-state index in [1.165, 1.54) is 10.8 Å². The summed E-state index contributed by atoms with van der Waals surface area (Å²) in [7, 11) is 0. The van der Waals surface area contributed by atoms with E-state index >= 15 is 0 Å².